The van der Waals surface area contributed by atoms with Gasteiger partial charge in [-0.25, -0.2) is 21.9 Å². The predicted molar refractivity (Wildman–Crippen MR) is 92.8 cm³/mol. The Morgan fingerprint density at radius 2 is 1.58 bits per heavy atom. The molecule has 2 aromatic rings. The molecule has 2 rings (SSSR count). The Morgan fingerprint density at radius 3 is 2.04 bits per heavy atom. The van der Waals surface area contributed by atoms with Crippen LogP contribution in [-0.4, -0.2) is 25.6 Å². The minimum Gasteiger partial charge on any atom is -0.258 e. The zero-order valence-electron chi connectivity index (χ0n) is 14.1. The summed E-state index contributed by atoms with van der Waals surface area (Å²) in [6, 6.07) is 8.59. The van der Waals surface area contributed by atoms with Crippen molar-refractivity contribution in [2.45, 2.75) is 37.1 Å². The van der Waals surface area contributed by atoms with Gasteiger partial charge in [0, 0.05) is 12.1 Å². The molecule has 0 saturated heterocycles. The van der Waals surface area contributed by atoms with Crippen LogP contribution in [0.5, 0.6) is 0 Å². The van der Waals surface area contributed by atoms with Gasteiger partial charge in [-0.1, -0.05) is 17.7 Å². The van der Waals surface area contributed by atoms with Crippen molar-refractivity contribution in [2.75, 3.05) is 0 Å². The summed E-state index contributed by atoms with van der Waals surface area (Å²) in [6.45, 7) is 2.82. The van der Waals surface area contributed by atoms with Gasteiger partial charge in [-0.3, -0.25) is 10.1 Å². The van der Waals surface area contributed by atoms with E-state index in [0.717, 1.165) is 36.8 Å². The molecule has 0 heterocycles. The Balaban J connectivity index is 2.27. The zero-order valence-corrected chi connectivity index (χ0v) is 14.9. The minimum absolute atomic E-state index is 0.0586. The highest BCUT2D eigenvalue weighted by Crippen LogP contribution is 2.27. The van der Waals surface area contributed by atoms with Gasteiger partial charge in [0.2, 0.25) is 10.0 Å². The topological polar surface area (TPSA) is 89.3 Å². The summed E-state index contributed by atoms with van der Waals surface area (Å²) in [5.41, 5.74) is 0.538. The molecule has 6 nitrogen and oxygen atoms in total. The first-order valence-electron chi connectivity index (χ1n) is 7.73. The van der Waals surface area contributed by atoms with Crippen molar-refractivity contribution >= 4 is 15.7 Å². The van der Waals surface area contributed by atoms with E-state index < -0.39 is 33.3 Å². The fourth-order valence-corrected chi connectivity index (χ4v) is 3.63. The van der Waals surface area contributed by atoms with Crippen LogP contribution in [-0.2, 0) is 10.0 Å². The quantitative estimate of drug-likeness (QED) is 0.583. The second kappa shape index (κ2) is 7.88. The molecule has 26 heavy (non-hydrogen) atoms. The first-order valence-corrected chi connectivity index (χ1v) is 9.21. The zero-order chi connectivity index (χ0) is 19.5. The van der Waals surface area contributed by atoms with E-state index in [4.69, 9.17) is 0 Å². The number of non-ortho nitro benzene ring substituents is 1. The largest absolute Gasteiger partial charge is 0.269 e. The average molecular weight is 384 g/mol. The van der Waals surface area contributed by atoms with Crippen molar-refractivity contribution in [3.8, 4) is 0 Å². The number of rotatable bonds is 7. The summed E-state index contributed by atoms with van der Waals surface area (Å²) < 4.78 is 55.6. The lowest BCUT2D eigenvalue weighted by atomic mass is 10.0. The molecule has 0 aliphatic heterocycles. The summed E-state index contributed by atoms with van der Waals surface area (Å²) >= 11 is 0. The molecule has 0 fully saturated rings. The van der Waals surface area contributed by atoms with E-state index in [2.05, 4.69) is 4.72 Å². The monoisotopic (exact) mass is 384 g/mol. The van der Waals surface area contributed by atoms with Crippen LogP contribution in [0.15, 0.2) is 53.4 Å². The van der Waals surface area contributed by atoms with Gasteiger partial charge in [0.25, 0.3) is 5.69 Å². The molecule has 140 valence electrons. The number of alkyl halides is 2. The SMILES string of the molecule is Cc1ccc(S(=O)(=O)N[C@@H]([C@H](F)c2ccc([N+](=O)[O-])cc2)[C@@H](C)F)cc1. The number of nitrogens with zero attached hydrogens (tertiary/aromatic N) is 1. The van der Waals surface area contributed by atoms with Crippen LogP contribution in [0.4, 0.5) is 14.5 Å². The molecule has 0 amide bonds. The fourth-order valence-electron chi connectivity index (χ4n) is 2.34. The third-order valence-electron chi connectivity index (χ3n) is 3.86. The van der Waals surface area contributed by atoms with Crippen molar-refractivity contribution < 1.29 is 22.1 Å². The van der Waals surface area contributed by atoms with Gasteiger partial charge in [-0.2, -0.15) is 0 Å². The smallest absolute Gasteiger partial charge is 0.258 e. The van der Waals surface area contributed by atoms with Crippen LogP contribution in [0.1, 0.15) is 24.2 Å². The number of halogens is 2. The number of hydrogen-bond donors (Lipinski definition) is 1. The molecule has 0 aromatic heterocycles. The summed E-state index contributed by atoms with van der Waals surface area (Å²) in [6.07, 6.45) is -3.85. The Bertz CT molecular complexity index is 869. The lowest BCUT2D eigenvalue weighted by Gasteiger charge is -2.24. The van der Waals surface area contributed by atoms with Gasteiger partial charge >= 0.3 is 0 Å². The van der Waals surface area contributed by atoms with Gasteiger partial charge in [0.1, 0.15) is 12.3 Å². The van der Waals surface area contributed by atoms with Crippen LogP contribution in [0.2, 0.25) is 0 Å². The van der Waals surface area contributed by atoms with Crippen molar-refractivity contribution in [3.63, 3.8) is 0 Å². The minimum atomic E-state index is -4.13. The molecule has 9 heteroatoms. The lowest BCUT2D eigenvalue weighted by Crippen LogP contribution is -2.43. The van der Waals surface area contributed by atoms with Gasteiger partial charge in [-0.05, 0) is 43.7 Å². The number of nitro benzene ring substituents is 1. The molecule has 0 unspecified atom stereocenters. The maximum atomic E-state index is 14.8. The van der Waals surface area contributed by atoms with Crippen LogP contribution < -0.4 is 4.72 Å². The Morgan fingerprint density at radius 1 is 1.04 bits per heavy atom. The summed E-state index contributed by atoms with van der Waals surface area (Å²) in [5.74, 6) is 0. The number of nitro groups is 1. The van der Waals surface area contributed by atoms with E-state index >= 15 is 0 Å². The molecular formula is C17H18F2N2O4S. The van der Waals surface area contributed by atoms with Gasteiger partial charge in [0.15, 0.2) is 0 Å². The molecule has 0 spiro atoms. The van der Waals surface area contributed by atoms with Crippen LogP contribution in [0.25, 0.3) is 0 Å². The van der Waals surface area contributed by atoms with Gasteiger partial charge < -0.3 is 0 Å². The molecule has 1 N–H and O–H groups in total. The van der Waals surface area contributed by atoms with Crippen molar-refractivity contribution in [1.29, 1.82) is 0 Å². The van der Waals surface area contributed by atoms with Crippen molar-refractivity contribution in [2.24, 2.45) is 0 Å². The van der Waals surface area contributed by atoms with E-state index in [1.807, 2.05) is 0 Å². The van der Waals surface area contributed by atoms with E-state index in [-0.39, 0.29) is 16.1 Å². The Labute approximate surface area is 150 Å². The Kier molecular flexibility index (Phi) is 6.04. The number of aryl methyl sites for hydroxylation is 1. The highest BCUT2D eigenvalue weighted by Gasteiger charge is 2.33. The second-order valence-electron chi connectivity index (χ2n) is 5.89. The molecule has 0 bridgehead atoms. The summed E-state index contributed by atoms with van der Waals surface area (Å²) in [5, 5.41) is 10.7. The third-order valence-corrected chi connectivity index (χ3v) is 5.33. The lowest BCUT2D eigenvalue weighted by molar-refractivity contribution is -0.384. The summed E-state index contributed by atoms with van der Waals surface area (Å²) in [4.78, 5) is 9.90. The number of nitrogens with one attached hydrogen (secondary N) is 1. The van der Waals surface area contributed by atoms with Crippen LogP contribution >= 0.6 is 0 Å². The molecule has 3 atom stereocenters. The highest BCUT2D eigenvalue weighted by atomic mass is 32.2. The predicted octanol–water partition coefficient (Wildman–Crippen LogP) is 3.62. The first-order chi connectivity index (χ1) is 12.1. The highest BCUT2D eigenvalue weighted by molar-refractivity contribution is 7.89. The first kappa shape index (κ1) is 19.9. The molecule has 0 radical (unpaired) electrons. The number of benzene rings is 2. The van der Waals surface area contributed by atoms with Crippen LogP contribution in [0, 0.1) is 17.0 Å². The maximum Gasteiger partial charge on any atom is 0.269 e. The molecule has 0 aliphatic carbocycles. The molecule has 2 aromatic carbocycles. The number of hydrogen-bond acceptors (Lipinski definition) is 4. The molecule has 0 saturated carbocycles. The maximum absolute atomic E-state index is 14.8. The van der Waals surface area contributed by atoms with Gasteiger partial charge in [-0.15, -0.1) is 0 Å². The van der Waals surface area contributed by atoms with E-state index in [9.17, 15) is 27.3 Å². The van der Waals surface area contributed by atoms with E-state index in [1.165, 1.54) is 12.1 Å². The Hall–Kier alpha value is -2.39. The van der Waals surface area contributed by atoms with Crippen LogP contribution in [0.3, 0.4) is 0 Å². The standard InChI is InChI=1S/C17H18F2N2O4S/c1-11-3-9-15(10-4-11)26(24,25)20-17(12(2)18)16(19)13-5-7-14(8-6-13)21(22)23/h3-10,12,16-17,20H,1-2H3/t12-,16-,17-/m1/s1. The fraction of sp³-hybridized carbons (Fsp3) is 0.294. The average Bonchev–Trinajstić information content (AvgIpc) is 2.59. The summed E-state index contributed by atoms with van der Waals surface area (Å²) in [7, 11) is -4.13. The van der Waals surface area contributed by atoms with E-state index in [0.29, 0.717) is 0 Å². The third kappa shape index (κ3) is 4.61. The normalized spacial score (nSPS) is 15.2. The number of sulfonamides is 1. The molecule has 0 aliphatic rings. The second-order valence-corrected chi connectivity index (χ2v) is 7.60. The van der Waals surface area contributed by atoms with Crippen molar-refractivity contribution in [3.05, 3.63) is 69.8 Å². The van der Waals surface area contributed by atoms with Crippen molar-refractivity contribution in [1.82, 2.24) is 4.72 Å². The van der Waals surface area contributed by atoms with Gasteiger partial charge in [0.05, 0.1) is 15.9 Å². The molecular weight excluding hydrogens is 366 g/mol. The van der Waals surface area contributed by atoms with E-state index in [1.54, 1.807) is 19.1 Å².